The molecule has 1 aliphatic heterocycles. The molecule has 0 aromatic rings. The van der Waals surface area contributed by atoms with Crippen LogP contribution in [0.3, 0.4) is 0 Å². The summed E-state index contributed by atoms with van der Waals surface area (Å²) in [7, 11) is 0. The fourth-order valence-electron chi connectivity index (χ4n) is 2.96. The molecule has 2 rings (SSSR count). The molecule has 0 unspecified atom stereocenters. The quantitative estimate of drug-likeness (QED) is 0.340. The summed E-state index contributed by atoms with van der Waals surface area (Å²) in [5.74, 6) is 0.173. The van der Waals surface area contributed by atoms with E-state index in [2.05, 4.69) is 5.16 Å². The van der Waals surface area contributed by atoms with Gasteiger partial charge in [-0.25, -0.2) is 0 Å². The average Bonchev–Trinajstić information content (AvgIpc) is 2.26. The summed E-state index contributed by atoms with van der Waals surface area (Å²) in [5.41, 5.74) is 5.04. The maximum Gasteiger partial charge on any atom is 0.236 e. The topological polar surface area (TPSA) is 78.9 Å². The zero-order chi connectivity index (χ0) is 13.0. The van der Waals surface area contributed by atoms with Crippen LogP contribution < -0.4 is 5.73 Å². The van der Waals surface area contributed by atoms with E-state index in [4.69, 9.17) is 10.9 Å². The van der Waals surface area contributed by atoms with Crippen molar-refractivity contribution in [2.24, 2.45) is 16.3 Å². The number of hydrogen-bond acceptors (Lipinski definition) is 3. The Morgan fingerprint density at radius 2 is 1.61 bits per heavy atom. The molecular weight excluding hydrogens is 230 g/mol. The lowest BCUT2D eigenvalue weighted by Crippen LogP contribution is -2.55. The van der Waals surface area contributed by atoms with E-state index in [0.29, 0.717) is 0 Å². The zero-order valence-corrected chi connectivity index (χ0v) is 10.9. The Bertz CT molecular complexity index is 329. The van der Waals surface area contributed by atoms with Crippen LogP contribution in [-0.4, -0.2) is 34.9 Å². The normalized spacial score (nSPS) is 24.9. The van der Waals surface area contributed by atoms with E-state index in [1.54, 1.807) is 0 Å². The lowest BCUT2D eigenvalue weighted by atomic mass is 9.66. The van der Waals surface area contributed by atoms with Crippen LogP contribution in [0.25, 0.3) is 0 Å². The number of oxime groups is 1. The molecule has 1 aliphatic carbocycles. The second-order valence-electron chi connectivity index (χ2n) is 5.48. The first-order chi connectivity index (χ1) is 8.70. The van der Waals surface area contributed by atoms with Crippen LogP contribution in [0.5, 0.6) is 0 Å². The predicted octanol–water partition coefficient (Wildman–Crippen LogP) is 1.70. The molecule has 2 fully saturated rings. The Kier molecular flexibility index (Phi) is 4.09. The molecule has 18 heavy (non-hydrogen) atoms. The van der Waals surface area contributed by atoms with E-state index in [0.717, 1.165) is 45.2 Å². The summed E-state index contributed by atoms with van der Waals surface area (Å²) < 4.78 is 0. The number of amidine groups is 1. The van der Waals surface area contributed by atoms with Gasteiger partial charge in [0.15, 0.2) is 5.84 Å². The van der Waals surface area contributed by atoms with Crippen molar-refractivity contribution in [1.29, 1.82) is 0 Å². The van der Waals surface area contributed by atoms with E-state index in [1.165, 1.54) is 19.3 Å². The van der Waals surface area contributed by atoms with Gasteiger partial charge in [-0.3, -0.25) is 4.79 Å². The molecule has 102 valence electrons. The van der Waals surface area contributed by atoms with Crippen molar-refractivity contribution in [1.82, 2.24) is 4.90 Å². The molecule has 0 spiro atoms. The maximum atomic E-state index is 12.6. The van der Waals surface area contributed by atoms with E-state index >= 15 is 0 Å². The van der Waals surface area contributed by atoms with Crippen molar-refractivity contribution >= 4 is 11.7 Å². The van der Waals surface area contributed by atoms with E-state index in [-0.39, 0.29) is 11.7 Å². The molecule has 0 aromatic carbocycles. The Morgan fingerprint density at radius 3 is 2.06 bits per heavy atom. The van der Waals surface area contributed by atoms with Gasteiger partial charge in [0.25, 0.3) is 0 Å². The SMILES string of the molecule is NC(=NO)C1(C(=O)N2CCCCCCC2)CCC1. The van der Waals surface area contributed by atoms with Gasteiger partial charge in [0.05, 0.1) is 0 Å². The van der Waals surface area contributed by atoms with Crippen LogP contribution in [0.4, 0.5) is 0 Å². The van der Waals surface area contributed by atoms with Crippen molar-refractivity contribution < 1.29 is 10.0 Å². The first kappa shape index (κ1) is 13.2. The van der Waals surface area contributed by atoms with E-state index in [1.807, 2.05) is 4.90 Å². The van der Waals surface area contributed by atoms with Crippen LogP contribution in [-0.2, 0) is 4.79 Å². The third kappa shape index (κ3) is 2.31. The van der Waals surface area contributed by atoms with Gasteiger partial charge >= 0.3 is 0 Å². The minimum atomic E-state index is -0.700. The number of nitrogens with two attached hydrogens (primary N) is 1. The lowest BCUT2D eigenvalue weighted by Gasteiger charge is -2.42. The highest BCUT2D eigenvalue weighted by atomic mass is 16.4. The third-order valence-electron chi connectivity index (χ3n) is 4.36. The summed E-state index contributed by atoms with van der Waals surface area (Å²) in [6, 6.07) is 0. The van der Waals surface area contributed by atoms with Gasteiger partial charge in [-0.2, -0.15) is 0 Å². The molecule has 0 aromatic heterocycles. The van der Waals surface area contributed by atoms with Gasteiger partial charge in [-0.1, -0.05) is 30.8 Å². The zero-order valence-electron chi connectivity index (χ0n) is 10.9. The number of amides is 1. The minimum absolute atomic E-state index is 0.0750. The van der Waals surface area contributed by atoms with Crippen molar-refractivity contribution in [2.75, 3.05) is 13.1 Å². The predicted molar refractivity (Wildman–Crippen MR) is 69.4 cm³/mol. The molecule has 5 nitrogen and oxygen atoms in total. The van der Waals surface area contributed by atoms with Gasteiger partial charge < -0.3 is 15.8 Å². The molecule has 1 saturated carbocycles. The van der Waals surface area contributed by atoms with Crippen LogP contribution in [0, 0.1) is 5.41 Å². The van der Waals surface area contributed by atoms with Crippen LogP contribution in [0.1, 0.15) is 51.4 Å². The molecule has 1 amide bonds. The molecule has 2 aliphatic rings. The van der Waals surface area contributed by atoms with E-state index < -0.39 is 5.41 Å². The number of nitrogens with zero attached hydrogens (tertiary/aromatic N) is 2. The number of likely N-dealkylation sites (tertiary alicyclic amines) is 1. The summed E-state index contributed by atoms with van der Waals surface area (Å²) in [5, 5.41) is 12.0. The Morgan fingerprint density at radius 1 is 1.06 bits per heavy atom. The molecule has 1 saturated heterocycles. The highest BCUT2D eigenvalue weighted by molar-refractivity contribution is 6.07. The fourth-order valence-corrected chi connectivity index (χ4v) is 2.96. The summed E-state index contributed by atoms with van der Waals surface area (Å²) >= 11 is 0. The van der Waals surface area contributed by atoms with Gasteiger partial charge in [-0.15, -0.1) is 0 Å². The molecule has 5 heteroatoms. The number of carbonyl (C=O) groups excluding carboxylic acids is 1. The molecule has 3 N–H and O–H groups in total. The lowest BCUT2D eigenvalue weighted by molar-refractivity contribution is -0.142. The van der Waals surface area contributed by atoms with Gasteiger partial charge in [0.2, 0.25) is 5.91 Å². The van der Waals surface area contributed by atoms with Crippen molar-refractivity contribution in [3.8, 4) is 0 Å². The minimum Gasteiger partial charge on any atom is -0.409 e. The molecular formula is C13H23N3O2. The van der Waals surface area contributed by atoms with Crippen LogP contribution >= 0.6 is 0 Å². The Balaban J connectivity index is 2.08. The van der Waals surface area contributed by atoms with Crippen molar-refractivity contribution in [2.45, 2.75) is 51.4 Å². The maximum absolute atomic E-state index is 12.6. The summed E-state index contributed by atoms with van der Waals surface area (Å²) in [6.07, 6.45) is 8.22. The Hall–Kier alpha value is -1.26. The van der Waals surface area contributed by atoms with Crippen LogP contribution in [0.15, 0.2) is 5.16 Å². The molecule has 1 heterocycles. The van der Waals surface area contributed by atoms with E-state index in [9.17, 15) is 4.79 Å². The molecule has 0 atom stereocenters. The monoisotopic (exact) mass is 253 g/mol. The first-order valence-electron chi connectivity index (χ1n) is 6.98. The summed E-state index contributed by atoms with van der Waals surface area (Å²) in [6.45, 7) is 1.64. The third-order valence-corrected chi connectivity index (χ3v) is 4.36. The standard InChI is InChI=1S/C13H23N3O2/c14-11(15-18)13(7-6-8-13)12(17)16-9-4-2-1-3-5-10-16/h18H,1-10H2,(H2,14,15). The van der Waals surface area contributed by atoms with Gasteiger partial charge in [0, 0.05) is 13.1 Å². The van der Waals surface area contributed by atoms with Crippen molar-refractivity contribution in [3.63, 3.8) is 0 Å². The molecule has 0 bridgehead atoms. The second kappa shape index (κ2) is 5.59. The highest BCUT2D eigenvalue weighted by Gasteiger charge is 2.50. The van der Waals surface area contributed by atoms with Crippen molar-refractivity contribution in [3.05, 3.63) is 0 Å². The largest absolute Gasteiger partial charge is 0.409 e. The molecule has 0 radical (unpaired) electrons. The summed E-state index contributed by atoms with van der Waals surface area (Å²) in [4.78, 5) is 14.5. The fraction of sp³-hybridized carbons (Fsp3) is 0.846. The van der Waals surface area contributed by atoms with Crippen LogP contribution in [0.2, 0.25) is 0 Å². The number of rotatable bonds is 2. The van der Waals surface area contributed by atoms with Gasteiger partial charge in [0.1, 0.15) is 5.41 Å². The smallest absolute Gasteiger partial charge is 0.236 e. The average molecular weight is 253 g/mol. The second-order valence-corrected chi connectivity index (χ2v) is 5.48. The number of hydrogen-bond donors (Lipinski definition) is 2. The Labute approximate surface area is 108 Å². The highest BCUT2D eigenvalue weighted by Crippen LogP contribution is 2.43. The number of carbonyl (C=O) groups is 1. The first-order valence-corrected chi connectivity index (χ1v) is 6.98. The van der Waals surface area contributed by atoms with Gasteiger partial charge in [-0.05, 0) is 25.7 Å².